The summed E-state index contributed by atoms with van der Waals surface area (Å²) in [6.07, 6.45) is 0.974. The van der Waals surface area contributed by atoms with Gasteiger partial charge in [0.15, 0.2) is 0 Å². The molecule has 0 radical (unpaired) electrons. The molecule has 2 aliphatic heterocycles. The number of likely N-dealkylation sites (tertiary alicyclic amines) is 1. The summed E-state index contributed by atoms with van der Waals surface area (Å²) in [5.41, 5.74) is 1.08. The Bertz CT molecular complexity index is 551. The van der Waals surface area contributed by atoms with Crippen LogP contribution in [0.15, 0.2) is 29.2 Å². The molecule has 2 atom stereocenters. The van der Waals surface area contributed by atoms with Gasteiger partial charge >= 0.3 is 0 Å². The number of piperazine rings is 1. The van der Waals surface area contributed by atoms with Crippen LogP contribution in [-0.2, 0) is 10.0 Å². The van der Waals surface area contributed by atoms with Gasteiger partial charge in [0, 0.05) is 25.2 Å². The first kappa shape index (κ1) is 12.1. The third kappa shape index (κ3) is 1.77. The van der Waals surface area contributed by atoms with Gasteiger partial charge in [0.1, 0.15) is 0 Å². The predicted molar refractivity (Wildman–Crippen MR) is 69.9 cm³/mol. The van der Waals surface area contributed by atoms with Crippen LogP contribution in [0.4, 0.5) is 0 Å². The molecule has 2 saturated heterocycles. The highest BCUT2D eigenvalue weighted by atomic mass is 32.2. The zero-order chi connectivity index (χ0) is 12.9. The Labute approximate surface area is 108 Å². The van der Waals surface area contributed by atoms with E-state index < -0.39 is 10.0 Å². The molecular formula is C13H18N2O2S. The molecule has 98 valence electrons. The van der Waals surface area contributed by atoms with E-state index in [2.05, 4.69) is 11.9 Å². The molecule has 0 spiro atoms. The molecule has 0 aliphatic carbocycles. The van der Waals surface area contributed by atoms with Crippen molar-refractivity contribution in [3.63, 3.8) is 0 Å². The van der Waals surface area contributed by atoms with Gasteiger partial charge in [-0.05, 0) is 32.5 Å². The largest absolute Gasteiger partial charge is 0.300 e. The van der Waals surface area contributed by atoms with Crippen molar-refractivity contribution in [3.8, 4) is 0 Å². The standard InChI is InChI=1S/C13H18N2O2S/c1-10-3-5-13(6-4-10)18(16,17)15-9-11-7-12(15)8-14(11)2/h3-6,11-12H,7-9H2,1-2H3/t11-,12?/m1/s1. The zero-order valence-electron chi connectivity index (χ0n) is 10.7. The van der Waals surface area contributed by atoms with E-state index in [0.717, 1.165) is 18.5 Å². The molecule has 2 bridgehead atoms. The van der Waals surface area contributed by atoms with Crippen LogP contribution in [0.5, 0.6) is 0 Å². The fraction of sp³-hybridized carbons (Fsp3) is 0.538. The number of fused-ring (bicyclic) bond motifs is 2. The van der Waals surface area contributed by atoms with Crippen molar-refractivity contribution < 1.29 is 8.42 Å². The lowest BCUT2D eigenvalue weighted by Gasteiger charge is -2.31. The monoisotopic (exact) mass is 266 g/mol. The Morgan fingerprint density at radius 3 is 2.28 bits per heavy atom. The third-order valence-corrected chi connectivity index (χ3v) is 6.02. The third-order valence-electron chi connectivity index (χ3n) is 4.09. The second kappa shape index (κ2) is 4.05. The van der Waals surface area contributed by atoms with E-state index in [-0.39, 0.29) is 6.04 Å². The quantitative estimate of drug-likeness (QED) is 0.804. The summed E-state index contributed by atoms with van der Waals surface area (Å²) >= 11 is 0. The number of sulfonamides is 1. The minimum absolute atomic E-state index is 0.159. The van der Waals surface area contributed by atoms with Crippen molar-refractivity contribution >= 4 is 10.0 Å². The zero-order valence-corrected chi connectivity index (χ0v) is 11.5. The van der Waals surface area contributed by atoms with Crippen molar-refractivity contribution in [2.75, 3.05) is 20.1 Å². The van der Waals surface area contributed by atoms with Gasteiger partial charge in [0.05, 0.1) is 4.90 Å². The SMILES string of the molecule is Cc1ccc(S(=O)(=O)N2C[C@H]3CC2CN3C)cc1. The first-order valence-electron chi connectivity index (χ1n) is 6.27. The molecule has 5 heteroatoms. The van der Waals surface area contributed by atoms with Crippen LogP contribution in [0.2, 0.25) is 0 Å². The van der Waals surface area contributed by atoms with E-state index >= 15 is 0 Å². The molecule has 0 saturated carbocycles. The topological polar surface area (TPSA) is 40.6 Å². The number of hydrogen-bond donors (Lipinski definition) is 0. The van der Waals surface area contributed by atoms with Crippen LogP contribution >= 0.6 is 0 Å². The maximum atomic E-state index is 12.5. The highest BCUT2D eigenvalue weighted by Crippen LogP contribution is 2.33. The molecule has 0 aromatic heterocycles. The summed E-state index contributed by atoms with van der Waals surface area (Å²) in [4.78, 5) is 2.68. The van der Waals surface area contributed by atoms with E-state index in [1.54, 1.807) is 16.4 Å². The summed E-state index contributed by atoms with van der Waals surface area (Å²) in [6, 6.07) is 7.68. The van der Waals surface area contributed by atoms with Crippen molar-refractivity contribution in [3.05, 3.63) is 29.8 Å². The number of hydrogen-bond acceptors (Lipinski definition) is 3. The molecule has 3 rings (SSSR count). The second-order valence-corrected chi connectivity index (χ2v) is 7.26. The highest BCUT2D eigenvalue weighted by Gasteiger charge is 2.46. The van der Waals surface area contributed by atoms with Gasteiger partial charge in [-0.2, -0.15) is 4.31 Å². The van der Waals surface area contributed by atoms with Gasteiger partial charge in [-0.15, -0.1) is 0 Å². The average molecular weight is 266 g/mol. The fourth-order valence-corrected chi connectivity index (χ4v) is 4.63. The van der Waals surface area contributed by atoms with Gasteiger partial charge in [-0.3, -0.25) is 0 Å². The van der Waals surface area contributed by atoms with Gasteiger partial charge in [-0.1, -0.05) is 17.7 Å². The molecule has 1 aromatic carbocycles. The number of aryl methyl sites for hydroxylation is 1. The lowest BCUT2D eigenvalue weighted by molar-refractivity contribution is 0.216. The van der Waals surface area contributed by atoms with Crippen molar-refractivity contribution in [2.45, 2.75) is 30.3 Å². The number of likely N-dealkylation sites (N-methyl/N-ethyl adjacent to an activating group) is 1. The van der Waals surface area contributed by atoms with Gasteiger partial charge in [-0.25, -0.2) is 8.42 Å². The lowest BCUT2D eigenvalue weighted by Crippen LogP contribution is -2.47. The molecular weight excluding hydrogens is 248 g/mol. The number of benzene rings is 1. The van der Waals surface area contributed by atoms with E-state index in [0.29, 0.717) is 17.5 Å². The maximum absolute atomic E-state index is 12.5. The Morgan fingerprint density at radius 2 is 1.78 bits per heavy atom. The van der Waals surface area contributed by atoms with Crippen LogP contribution in [0.1, 0.15) is 12.0 Å². The van der Waals surface area contributed by atoms with E-state index in [4.69, 9.17) is 0 Å². The minimum Gasteiger partial charge on any atom is -0.300 e. The van der Waals surface area contributed by atoms with Crippen molar-refractivity contribution in [1.82, 2.24) is 9.21 Å². The molecule has 0 N–H and O–H groups in total. The first-order chi connectivity index (χ1) is 8.48. The van der Waals surface area contributed by atoms with Crippen molar-refractivity contribution in [2.24, 2.45) is 0 Å². The molecule has 2 heterocycles. The van der Waals surface area contributed by atoms with Gasteiger partial charge in [0.2, 0.25) is 10.0 Å². The van der Waals surface area contributed by atoms with E-state index in [9.17, 15) is 8.42 Å². The number of rotatable bonds is 2. The van der Waals surface area contributed by atoms with E-state index in [1.165, 1.54) is 0 Å². The van der Waals surface area contributed by atoms with Crippen molar-refractivity contribution in [1.29, 1.82) is 0 Å². The smallest absolute Gasteiger partial charge is 0.243 e. The second-order valence-electron chi connectivity index (χ2n) is 5.37. The molecule has 4 nitrogen and oxygen atoms in total. The first-order valence-corrected chi connectivity index (χ1v) is 7.71. The highest BCUT2D eigenvalue weighted by molar-refractivity contribution is 7.89. The van der Waals surface area contributed by atoms with Gasteiger partial charge < -0.3 is 4.90 Å². The predicted octanol–water partition coefficient (Wildman–Crippen LogP) is 1.07. The molecule has 0 amide bonds. The minimum atomic E-state index is -3.30. The molecule has 1 aromatic rings. The Morgan fingerprint density at radius 1 is 1.11 bits per heavy atom. The summed E-state index contributed by atoms with van der Waals surface area (Å²) in [5.74, 6) is 0. The van der Waals surface area contributed by atoms with Crippen LogP contribution in [-0.4, -0.2) is 49.8 Å². The van der Waals surface area contributed by atoms with Crippen LogP contribution < -0.4 is 0 Å². The van der Waals surface area contributed by atoms with Crippen LogP contribution in [0, 0.1) is 6.92 Å². The Hall–Kier alpha value is -0.910. The summed E-state index contributed by atoms with van der Waals surface area (Å²) in [7, 11) is -1.23. The Balaban J connectivity index is 1.90. The van der Waals surface area contributed by atoms with Crippen LogP contribution in [0.25, 0.3) is 0 Å². The molecule has 2 aliphatic rings. The summed E-state index contributed by atoms with van der Waals surface area (Å²) in [5, 5.41) is 0. The van der Waals surface area contributed by atoms with Gasteiger partial charge in [0.25, 0.3) is 0 Å². The number of nitrogens with zero attached hydrogens (tertiary/aromatic N) is 2. The normalized spacial score (nSPS) is 29.0. The maximum Gasteiger partial charge on any atom is 0.243 e. The van der Waals surface area contributed by atoms with Crippen LogP contribution in [0.3, 0.4) is 0 Å². The molecule has 2 fully saturated rings. The summed E-state index contributed by atoms with van der Waals surface area (Å²) < 4.78 is 26.8. The van der Waals surface area contributed by atoms with E-state index in [1.807, 2.05) is 19.1 Å². The lowest BCUT2D eigenvalue weighted by atomic mass is 10.2. The molecule has 1 unspecified atom stereocenters. The Kier molecular flexibility index (Phi) is 2.73. The fourth-order valence-electron chi connectivity index (χ4n) is 2.97. The molecule has 18 heavy (non-hydrogen) atoms. The summed E-state index contributed by atoms with van der Waals surface area (Å²) in [6.45, 7) is 3.45. The average Bonchev–Trinajstić information content (AvgIpc) is 2.88.